The van der Waals surface area contributed by atoms with Gasteiger partial charge in [-0.1, -0.05) is 29.8 Å². The molecule has 1 atom stereocenters. The van der Waals surface area contributed by atoms with Crippen LogP contribution in [0.25, 0.3) is 0 Å². The van der Waals surface area contributed by atoms with Crippen molar-refractivity contribution < 1.29 is 14.0 Å². The topological polar surface area (TPSA) is 61.4 Å². The Kier molecular flexibility index (Phi) is 5.98. The highest BCUT2D eigenvalue weighted by Crippen LogP contribution is 2.27. The molecule has 0 saturated carbocycles. The average molecular weight is 364 g/mol. The summed E-state index contributed by atoms with van der Waals surface area (Å²) >= 11 is 6.17. The van der Waals surface area contributed by atoms with Gasteiger partial charge in [-0.05, 0) is 36.8 Å². The van der Waals surface area contributed by atoms with E-state index in [2.05, 4.69) is 10.6 Å². The van der Waals surface area contributed by atoms with Crippen LogP contribution < -0.4 is 10.6 Å². The third-order valence-electron chi connectivity index (χ3n) is 3.78. The van der Waals surface area contributed by atoms with Crippen molar-refractivity contribution in [3.05, 3.63) is 58.9 Å². The highest BCUT2D eigenvalue weighted by Gasteiger charge is 2.19. The molecule has 0 radical (unpaired) electrons. The van der Waals surface area contributed by atoms with Crippen LogP contribution in [0.4, 0.5) is 20.6 Å². The highest BCUT2D eigenvalue weighted by atomic mass is 35.5. The third kappa shape index (κ3) is 4.70. The molecular weight excluding hydrogens is 345 g/mol. The van der Waals surface area contributed by atoms with E-state index in [1.54, 1.807) is 13.1 Å². The lowest BCUT2D eigenvalue weighted by Crippen LogP contribution is -2.33. The number of halogens is 2. The van der Waals surface area contributed by atoms with Gasteiger partial charge >= 0.3 is 6.03 Å². The molecule has 0 heterocycles. The predicted molar refractivity (Wildman–Crippen MR) is 97.4 cm³/mol. The number of carbonyl (C=O) groups is 2. The largest absolute Gasteiger partial charge is 0.324 e. The number of carbonyl (C=O) groups excluding carboxylic acids is 2. The monoisotopic (exact) mass is 363 g/mol. The van der Waals surface area contributed by atoms with E-state index in [-0.39, 0.29) is 17.8 Å². The van der Waals surface area contributed by atoms with Crippen molar-refractivity contribution in [2.75, 3.05) is 17.7 Å². The number of hydrogen-bond acceptors (Lipinski definition) is 2. The summed E-state index contributed by atoms with van der Waals surface area (Å²) < 4.78 is 13.7. The summed E-state index contributed by atoms with van der Waals surface area (Å²) in [5.74, 6) is -0.974. The van der Waals surface area contributed by atoms with E-state index in [0.29, 0.717) is 10.7 Å². The molecule has 0 saturated heterocycles. The number of urea groups is 1. The molecule has 2 aromatic carbocycles. The van der Waals surface area contributed by atoms with E-state index in [4.69, 9.17) is 11.6 Å². The smallest absolute Gasteiger partial charge is 0.322 e. The maximum atomic E-state index is 13.7. The first kappa shape index (κ1) is 18.7. The first-order chi connectivity index (χ1) is 11.8. The minimum absolute atomic E-state index is 0.00658. The molecule has 132 valence electrons. The zero-order valence-electron chi connectivity index (χ0n) is 14.1. The number of nitrogens with one attached hydrogen (secondary N) is 2. The lowest BCUT2D eigenvalue weighted by molar-refractivity contribution is -0.114. The van der Waals surface area contributed by atoms with Gasteiger partial charge in [0.1, 0.15) is 5.82 Å². The van der Waals surface area contributed by atoms with Crippen LogP contribution >= 0.6 is 11.6 Å². The molecule has 3 amide bonds. The fraction of sp³-hybridized carbons (Fsp3) is 0.222. The number of rotatable bonds is 4. The maximum absolute atomic E-state index is 13.7. The number of hydrogen-bond donors (Lipinski definition) is 2. The summed E-state index contributed by atoms with van der Waals surface area (Å²) in [5.41, 5.74) is 1.19. The van der Waals surface area contributed by atoms with Crippen molar-refractivity contribution in [1.29, 1.82) is 0 Å². The van der Waals surface area contributed by atoms with Crippen LogP contribution in [0.15, 0.2) is 42.5 Å². The molecule has 2 aromatic rings. The van der Waals surface area contributed by atoms with E-state index in [9.17, 15) is 14.0 Å². The molecule has 0 aliphatic heterocycles. The van der Waals surface area contributed by atoms with E-state index < -0.39 is 11.7 Å². The van der Waals surface area contributed by atoms with E-state index in [1.165, 1.54) is 30.0 Å². The summed E-state index contributed by atoms with van der Waals surface area (Å²) in [7, 11) is 1.64. The first-order valence-corrected chi connectivity index (χ1v) is 8.02. The Hall–Kier alpha value is -2.60. The van der Waals surface area contributed by atoms with Crippen molar-refractivity contribution in [2.45, 2.75) is 19.9 Å². The Morgan fingerprint density at radius 1 is 1.16 bits per heavy atom. The van der Waals surface area contributed by atoms with Crippen molar-refractivity contribution in [1.82, 2.24) is 4.90 Å². The van der Waals surface area contributed by atoms with Gasteiger partial charge in [-0.2, -0.15) is 0 Å². The molecule has 2 rings (SSSR count). The van der Waals surface area contributed by atoms with Crippen LogP contribution in [0.2, 0.25) is 5.02 Å². The minimum Gasteiger partial charge on any atom is -0.324 e. The molecule has 0 bridgehead atoms. The normalized spacial score (nSPS) is 11.6. The van der Waals surface area contributed by atoms with Crippen LogP contribution in [0.3, 0.4) is 0 Å². The van der Waals surface area contributed by atoms with Crippen LogP contribution in [-0.2, 0) is 4.79 Å². The van der Waals surface area contributed by atoms with Gasteiger partial charge in [-0.25, -0.2) is 9.18 Å². The number of amides is 3. The van der Waals surface area contributed by atoms with E-state index >= 15 is 0 Å². The summed E-state index contributed by atoms with van der Waals surface area (Å²) in [6, 6.07) is 10.6. The van der Waals surface area contributed by atoms with Crippen molar-refractivity contribution in [3.63, 3.8) is 0 Å². The molecule has 2 N–H and O–H groups in total. The molecular formula is C18H19ClFN3O2. The average Bonchev–Trinajstić information content (AvgIpc) is 2.56. The van der Waals surface area contributed by atoms with Gasteiger partial charge in [0, 0.05) is 24.7 Å². The molecule has 0 spiro atoms. The van der Waals surface area contributed by atoms with Crippen molar-refractivity contribution in [2.24, 2.45) is 0 Å². The minimum atomic E-state index is -0.578. The maximum Gasteiger partial charge on any atom is 0.322 e. The van der Waals surface area contributed by atoms with Crippen LogP contribution in [0.5, 0.6) is 0 Å². The van der Waals surface area contributed by atoms with Gasteiger partial charge in [-0.3, -0.25) is 4.79 Å². The molecule has 0 aliphatic carbocycles. The van der Waals surface area contributed by atoms with Gasteiger partial charge in [0.05, 0.1) is 11.7 Å². The summed E-state index contributed by atoms with van der Waals surface area (Å²) in [4.78, 5) is 25.0. The molecule has 25 heavy (non-hydrogen) atoms. The van der Waals surface area contributed by atoms with Crippen molar-refractivity contribution in [3.8, 4) is 0 Å². The standard InChI is InChI=1S/C18H19ClFN3O2/c1-11(14-6-4-5-7-15(14)19)23(3)18(25)22-13-8-9-16(20)17(10-13)21-12(2)24/h4-11H,1-3H3,(H,21,24)(H,22,25). The number of nitrogens with zero attached hydrogens (tertiary/aromatic N) is 1. The van der Waals surface area contributed by atoms with Gasteiger partial charge < -0.3 is 15.5 Å². The van der Waals surface area contributed by atoms with Gasteiger partial charge in [-0.15, -0.1) is 0 Å². The molecule has 1 unspecified atom stereocenters. The van der Waals surface area contributed by atoms with Crippen LogP contribution in [0.1, 0.15) is 25.5 Å². The fourth-order valence-corrected chi connectivity index (χ4v) is 2.59. The number of anilines is 2. The first-order valence-electron chi connectivity index (χ1n) is 7.65. The second-order valence-corrected chi connectivity index (χ2v) is 6.02. The van der Waals surface area contributed by atoms with E-state index in [1.807, 2.05) is 25.1 Å². The molecule has 5 nitrogen and oxygen atoms in total. The lowest BCUT2D eigenvalue weighted by Gasteiger charge is -2.26. The Morgan fingerprint density at radius 3 is 2.48 bits per heavy atom. The quantitative estimate of drug-likeness (QED) is 0.829. The zero-order valence-corrected chi connectivity index (χ0v) is 14.9. The zero-order chi connectivity index (χ0) is 18.6. The molecule has 0 aliphatic rings. The Bertz CT molecular complexity index is 798. The Morgan fingerprint density at radius 2 is 1.84 bits per heavy atom. The summed E-state index contributed by atoms with van der Waals surface area (Å²) in [5, 5.41) is 5.63. The SMILES string of the molecule is CC(=O)Nc1cc(NC(=O)N(C)C(C)c2ccccc2Cl)ccc1F. The molecule has 7 heteroatoms. The second-order valence-electron chi connectivity index (χ2n) is 5.61. The predicted octanol–water partition coefficient (Wildman–Crippen LogP) is 4.66. The van der Waals surface area contributed by atoms with Crippen LogP contribution in [0, 0.1) is 5.82 Å². The lowest BCUT2D eigenvalue weighted by atomic mass is 10.1. The highest BCUT2D eigenvalue weighted by molar-refractivity contribution is 6.31. The summed E-state index contributed by atoms with van der Waals surface area (Å²) in [6.45, 7) is 3.14. The number of benzene rings is 2. The van der Waals surface area contributed by atoms with Gasteiger partial charge in [0.2, 0.25) is 5.91 Å². The second kappa shape index (κ2) is 7.98. The Balaban J connectivity index is 2.13. The van der Waals surface area contributed by atoms with Crippen molar-refractivity contribution >= 4 is 34.9 Å². The Labute approximate surface area is 150 Å². The van der Waals surface area contributed by atoms with Crippen LogP contribution in [-0.4, -0.2) is 23.9 Å². The molecule has 0 fully saturated rings. The summed E-state index contributed by atoms with van der Waals surface area (Å²) in [6.07, 6.45) is 0. The van der Waals surface area contributed by atoms with E-state index in [0.717, 1.165) is 5.56 Å². The van der Waals surface area contributed by atoms with Gasteiger partial charge in [0.25, 0.3) is 0 Å². The van der Waals surface area contributed by atoms with Gasteiger partial charge in [0.15, 0.2) is 0 Å². The third-order valence-corrected chi connectivity index (χ3v) is 4.13. The fourth-order valence-electron chi connectivity index (χ4n) is 2.30. The molecule has 0 aromatic heterocycles.